The van der Waals surface area contributed by atoms with E-state index in [1.807, 2.05) is 12.1 Å². The Morgan fingerprint density at radius 2 is 0.722 bits per heavy atom. The molecule has 1 aromatic heterocycles. The molecule has 0 radical (unpaired) electrons. The fraction of sp³-hybridized carbons (Fsp3) is 0. The van der Waals surface area contributed by atoms with Crippen LogP contribution < -0.4 is 4.90 Å². The number of anilines is 3. The number of hydrogen-bond acceptors (Lipinski definition) is 2. The summed E-state index contributed by atoms with van der Waals surface area (Å²) in [4.78, 5) is 2.33. The first-order valence-electron chi connectivity index (χ1n) is 18.4. The van der Waals surface area contributed by atoms with Crippen molar-refractivity contribution < 1.29 is 4.42 Å². The Morgan fingerprint density at radius 3 is 1.39 bits per heavy atom. The summed E-state index contributed by atoms with van der Waals surface area (Å²) in [5.74, 6) is 0. The highest BCUT2D eigenvalue weighted by Crippen LogP contribution is 2.40. The highest BCUT2D eigenvalue weighted by Gasteiger charge is 2.16. The van der Waals surface area contributed by atoms with Crippen LogP contribution in [0.3, 0.4) is 0 Å². The van der Waals surface area contributed by atoms with Crippen molar-refractivity contribution in [2.75, 3.05) is 4.90 Å². The number of rotatable bonds is 7. The second-order valence-electron chi connectivity index (χ2n) is 13.8. The molecule has 0 amide bonds. The van der Waals surface area contributed by atoms with Gasteiger partial charge in [0.05, 0.1) is 0 Å². The highest BCUT2D eigenvalue weighted by molar-refractivity contribution is 6.06. The maximum Gasteiger partial charge on any atom is 0.135 e. The van der Waals surface area contributed by atoms with Crippen molar-refractivity contribution >= 4 is 49.8 Å². The van der Waals surface area contributed by atoms with Gasteiger partial charge in [-0.25, -0.2) is 0 Å². The lowest BCUT2D eigenvalue weighted by atomic mass is 9.97. The summed E-state index contributed by atoms with van der Waals surface area (Å²) in [5, 5.41) is 4.72. The van der Waals surface area contributed by atoms with Crippen LogP contribution in [-0.4, -0.2) is 0 Å². The Labute approximate surface area is 314 Å². The zero-order chi connectivity index (χ0) is 35.8. The van der Waals surface area contributed by atoms with Crippen LogP contribution in [0.5, 0.6) is 0 Å². The molecular weight excluding hydrogens is 655 g/mol. The average molecular weight is 690 g/mol. The molecule has 2 nitrogen and oxygen atoms in total. The molecule has 0 atom stereocenters. The molecule has 54 heavy (non-hydrogen) atoms. The monoisotopic (exact) mass is 689 g/mol. The molecule has 0 fully saturated rings. The first-order chi connectivity index (χ1) is 26.7. The fourth-order valence-corrected chi connectivity index (χ4v) is 7.66. The van der Waals surface area contributed by atoms with E-state index < -0.39 is 0 Å². The van der Waals surface area contributed by atoms with Gasteiger partial charge in [0.2, 0.25) is 0 Å². The van der Waals surface area contributed by atoms with Crippen LogP contribution in [0, 0.1) is 0 Å². The van der Waals surface area contributed by atoms with E-state index in [1.165, 1.54) is 55.3 Å². The van der Waals surface area contributed by atoms with Crippen LogP contribution in [0.1, 0.15) is 0 Å². The number of para-hydroxylation sites is 1. The molecule has 0 saturated heterocycles. The van der Waals surface area contributed by atoms with Crippen LogP contribution in [0.25, 0.3) is 77.2 Å². The summed E-state index contributed by atoms with van der Waals surface area (Å²) in [6.07, 6.45) is 0. The summed E-state index contributed by atoms with van der Waals surface area (Å²) < 4.78 is 6.21. The van der Waals surface area contributed by atoms with Gasteiger partial charge >= 0.3 is 0 Å². The molecule has 10 aromatic rings. The Kier molecular flexibility index (Phi) is 7.85. The predicted octanol–water partition coefficient (Wildman–Crippen LogP) is 14.9. The lowest BCUT2D eigenvalue weighted by Crippen LogP contribution is -2.09. The van der Waals surface area contributed by atoms with Gasteiger partial charge < -0.3 is 9.32 Å². The van der Waals surface area contributed by atoms with Crippen molar-refractivity contribution in [2.45, 2.75) is 0 Å². The SMILES string of the molecule is c1ccc(-c2cccc(-c3ccc(N(c4ccc(-c5cccc(-c6ccc7ccccc7c6)c5)cc4)c4ccc5oc6ccccc6c5c4)cc3)c2)cc1. The molecule has 0 spiro atoms. The van der Waals surface area contributed by atoms with Crippen LogP contribution in [-0.2, 0) is 0 Å². The van der Waals surface area contributed by atoms with Crippen LogP contribution in [0.15, 0.2) is 217 Å². The summed E-state index contributed by atoms with van der Waals surface area (Å²) in [6, 6.07) is 76.0. The third kappa shape index (κ3) is 5.90. The second-order valence-corrected chi connectivity index (χ2v) is 13.8. The molecule has 0 aliphatic rings. The Hall–Kier alpha value is -7.16. The minimum Gasteiger partial charge on any atom is -0.456 e. The van der Waals surface area contributed by atoms with Gasteiger partial charge in [0.25, 0.3) is 0 Å². The van der Waals surface area contributed by atoms with Crippen LogP contribution >= 0.6 is 0 Å². The lowest BCUT2D eigenvalue weighted by molar-refractivity contribution is 0.669. The van der Waals surface area contributed by atoms with Gasteiger partial charge in [0.1, 0.15) is 11.2 Å². The molecule has 0 aliphatic heterocycles. The zero-order valence-corrected chi connectivity index (χ0v) is 29.6. The van der Waals surface area contributed by atoms with E-state index in [0.29, 0.717) is 0 Å². The third-order valence-electron chi connectivity index (χ3n) is 10.5. The molecule has 1 heterocycles. The maximum absolute atomic E-state index is 6.21. The van der Waals surface area contributed by atoms with Crippen molar-refractivity contribution in [3.05, 3.63) is 212 Å². The van der Waals surface area contributed by atoms with Gasteiger partial charge in [0, 0.05) is 27.8 Å². The molecule has 0 bridgehead atoms. The van der Waals surface area contributed by atoms with Crippen LogP contribution in [0.4, 0.5) is 17.1 Å². The Morgan fingerprint density at radius 1 is 0.259 bits per heavy atom. The van der Waals surface area contributed by atoms with E-state index >= 15 is 0 Å². The van der Waals surface area contributed by atoms with E-state index in [4.69, 9.17) is 4.42 Å². The van der Waals surface area contributed by atoms with E-state index in [0.717, 1.165) is 39.0 Å². The largest absolute Gasteiger partial charge is 0.456 e. The number of nitrogens with zero attached hydrogens (tertiary/aromatic N) is 1. The van der Waals surface area contributed by atoms with Crippen molar-refractivity contribution in [2.24, 2.45) is 0 Å². The molecule has 0 unspecified atom stereocenters. The van der Waals surface area contributed by atoms with Crippen molar-refractivity contribution in [3.63, 3.8) is 0 Å². The average Bonchev–Trinajstić information content (AvgIpc) is 3.63. The topological polar surface area (TPSA) is 16.4 Å². The fourth-order valence-electron chi connectivity index (χ4n) is 7.66. The quantitative estimate of drug-likeness (QED) is 0.166. The minimum absolute atomic E-state index is 0.884. The summed E-state index contributed by atoms with van der Waals surface area (Å²) in [5.41, 5.74) is 14.6. The Balaban J connectivity index is 1.02. The van der Waals surface area contributed by atoms with E-state index in [-0.39, 0.29) is 0 Å². The van der Waals surface area contributed by atoms with Crippen molar-refractivity contribution in [3.8, 4) is 44.5 Å². The first kappa shape index (κ1) is 31.6. The second kappa shape index (κ2) is 13.4. The van der Waals surface area contributed by atoms with Crippen molar-refractivity contribution in [1.82, 2.24) is 0 Å². The third-order valence-corrected chi connectivity index (χ3v) is 10.5. The molecule has 10 rings (SSSR count). The predicted molar refractivity (Wildman–Crippen MR) is 228 cm³/mol. The van der Waals surface area contributed by atoms with E-state index in [2.05, 4.69) is 205 Å². The number of benzene rings is 9. The van der Waals surface area contributed by atoms with Crippen molar-refractivity contribution in [1.29, 1.82) is 0 Å². The highest BCUT2D eigenvalue weighted by atomic mass is 16.3. The minimum atomic E-state index is 0.884. The van der Waals surface area contributed by atoms with E-state index in [1.54, 1.807) is 0 Å². The van der Waals surface area contributed by atoms with Crippen LogP contribution in [0.2, 0.25) is 0 Å². The van der Waals surface area contributed by atoms with Gasteiger partial charge in [-0.05, 0) is 122 Å². The standard InChI is InChI=1S/C52H35NO/c1-2-10-36(11-3-1)41-14-8-15-42(32-41)38-22-26-46(27-23-38)53(48-30-31-52-50(35-48)49-18-6-7-19-51(49)54-52)47-28-24-39(25-29-47)43-16-9-17-44(33-43)45-21-20-37-12-4-5-13-40(37)34-45/h1-35H. The molecule has 254 valence electrons. The van der Waals surface area contributed by atoms with Gasteiger partial charge in [0.15, 0.2) is 0 Å². The van der Waals surface area contributed by atoms with Gasteiger partial charge in [-0.1, -0.05) is 146 Å². The summed E-state index contributed by atoms with van der Waals surface area (Å²) in [7, 11) is 0. The van der Waals surface area contributed by atoms with E-state index in [9.17, 15) is 0 Å². The molecule has 0 saturated carbocycles. The number of hydrogen-bond donors (Lipinski definition) is 0. The molecule has 0 aliphatic carbocycles. The number of fused-ring (bicyclic) bond motifs is 4. The molecule has 0 N–H and O–H groups in total. The summed E-state index contributed by atoms with van der Waals surface area (Å²) in [6.45, 7) is 0. The first-order valence-corrected chi connectivity index (χ1v) is 18.4. The van der Waals surface area contributed by atoms with Gasteiger partial charge in [-0.15, -0.1) is 0 Å². The number of furan rings is 1. The van der Waals surface area contributed by atoms with Gasteiger partial charge in [-0.3, -0.25) is 0 Å². The lowest BCUT2D eigenvalue weighted by Gasteiger charge is -2.26. The summed E-state index contributed by atoms with van der Waals surface area (Å²) >= 11 is 0. The molecule has 2 heteroatoms. The van der Waals surface area contributed by atoms with Gasteiger partial charge in [-0.2, -0.15) is 0 Å². The molecule has 9 aromatic carbocycles. The normalized spacial score (nSPS) is 11.3. The maximum atomic E-state index is 6.21. The molecular formula is C52H35NO. The Bertz CT molecular complexity index is 2920. The smallest absolute Gasteiger partial charge is 0.135 e. The zero-order valence-electron chi connectivity index (χ0n) is 29.6.